The fourth-order valence-electron chi connectivity index (χ4n) is 2.82. The molecule has 1 aliphatic rings. The van der Waals surface area contributed by atoms with Gasteiger partial charge in [-0.1, -0.05) is 6.07 Å². The third-order valence-electron chi connectivity index (χ3n) is 4.02. The topological polar surface area (TPSA) is 57.2 Å². The van der Waals surface area contributed by atoms with Crippen LogP contribution in [0.5, 0.6) is 0 Å². The zero-order valence-electron chi connectivity index (χ0n) is 12.3. The maximum Gasteiger partial charge on any atom is 0.255 e. The van der Waals surface area contributed by atoms with Gasteiger partial charge < -0.3 is 15.0 Å². The van der Waals surface area contributed by atoms with Gasteiger partial charge in [-0.25, -0.2) is 4.39 Å². The molecule has 0 saturated carbocycles. The van der Waals surface area contributed by atoms with Crippen molar-refractivity contribution in [1.29, 1.82) is 0 Å². The molecule has 1 atom stereocenters. The molecule has 22 heavy (non-hydrogen) atoms. The minimum absolute atomic E-state index is 0.0462. The minimum atomic E-state index is -0.296. The Morgan fingerprint density at radius 3 is 2.64 bits per heavy atom. The molecule has 2 N–H and O–H groups in total. The Kier molecular flexibility index (Phi) is 4.36. The van der Waals surface area contributed by atoms with Gasteiger partial charge in [-0.2, -0.15) is 0 Å². The van der Waals surface area contributed by atoms with Gasteiger partial charge in [0.15, 0.2) is 0 Å². The number of halogens is 1. The number of nitrogens with two attached hydrogens (primary N) is 1. The molecule has 3 rings (SSSR count). The lowest BCUT2D eigenvalue weighted by Gasteiger charge is -2.18. The van der Waals surface area contributed by atoms with Crippen LogP contribution in [0.3, 0.4) is 0 Å². The minimum Gasteiger partial charge on any atom is -0.376 e. The van der Waals surface area contributed by atoms with Crippen molar-refractivity contribution in [2.24, 2.45) is 5.73 Å². The lowest BCUT2D eigenvalue weighted by atomic mass is 10.1. The number of pyridine rings is 1. The highest BCUT2D eigenvalue weighted by atomic mass is 19.1. The molecule has 116 valence electrons. The fourth-order valence-corrected chi connectivity index (χ4v) is 2.82. The summed E-state index contributed by atoms with van der Waals surface area (Å²) in [5, 5.41) is 0. The first-order valence-electron chi connectivity index (χ1n) is 7.49. The Labute approximate surface area is 128 Å². The number of rotatable bonds is 4. The number of aromatic nitrogens is 1. The van der Waals surface area contributed by atoms with E-state index in [2.05, 4.69) is 0 Å². The maximum atomic E-state index is 13.1. The average molecular weight is 302 g/mol. The van der Waals surface area contributed by atoms with Gasteiger partial charge in [0.25, 0.3) is 5.56 Å². The molecule has 2 aromatic rings. The summed E-state index contributed by atoms with van der Waals surface area (Å²) in [4.78, 5) is 12.6. The van der Waals surface area contributed by atoms with E-state index in [0.29, 0.717) is 12.1 Å². The summed E-state index contributed by atoms with van der Waals surface area (Å²) >= 11 is 0. The van der Waals surface area contributed by atoms with Crippen LogP contribution in [0, 0.1) is 5.82 Å². The highest BCUT2D eigenvalue weighted by Gasteiger charge is 2.19. The van der Waals surface area contributed by atoms with Crippen LogP contribution < -0.4 is 11.3 Å². The van der Waals surface area contributed by atoms with Crippen molar-refractivity contribution >= 4 is 0 Å². The average Bonchev–Trinajstić information content (AvgIpc) is 3.03. The zero-order chi connectivity index (χ0) is 15.5. The van der Waals surface area contributed by atoms with Gasteiger partial charge in [-0.3, -0.25) is 4.79 Å². The highest BCUT2D eigenvalue weighted by molar-refractivity contribution is 5.59. The van der Waals surface area contributed by atoms with Crippen LogP contribution >= 0.6 is 0 Å². The lowest BCUT2D eigenvalue weighted by molar-refractivity contribution is 0.0965. The maximum absolute atomic E-state index is 13.1. The van der Waals surface area contributed by atoms with Gasteiger partial charge in [0, 0.05) is 18.7 Å². The van der Waals surface area contributed by atoms with Crippen LogP contribution in [0.15, 0.2) is 41.2 Å². The van der Waals surface area contributed by atoms with Gasteiger partial charge in [0.1, 0.15) is 5.82 Å². The van der Waals surface area contributed by atoms with Gasteiger partial charge in [0.05, 0.1) is 18.3 Å². The number of hydrogen-bond donors (Lipinski definition) is 1. The van der Waals surface area contributed by atoms with Crippen molar-refractivity contribution < 1.29 is 9.13 Å². The smallest absolute Gasteiger partial charge is 0.255 e. The Morgan fingerprint density at radius 2 is 2.00 bits per heavy atom. The van der Waals surface area contributed by atoms with E-state index in [1.807, 2.05) is 6.07 Å². The summed E-state index contributed by atoms with van der Waals surface area (Å²) in [7, 11) is 0. The van der Waals surface area contributed by atoms with Crippen molar-refractivity contribution in [2.45, 2.75) is 32.0 Å². The third-order valence-corrected chi connectivity index (χ3v) is 4.02. The Bertz CT molecular complexity index is 704. The van der Waals surface area contributed by atoms with Crippen LogP contribution in [-0.4, -0.2) is 17.3 Å². The first-order valence-corrected chi connectivity index (χ1v) is 7.49. The first-order chi connectivity index (χ1) is 10.7. The lowest BCUT2D eigenvalue weighted by Crippen LogP contribution is -2.30. The van der Waals surface area contributed by atoms with Crippen LogP contribution in [0.25, 0.3) is 11.3 Å². The van der Waals surface area contributed by atoms with E-state index < -0.39 is 0 Å². The van der Waals surface area contributed by atoms with Crippen molar-refractivity contribution in [2.75, 3.05) is 6.61 Å². The van der Waals surface area contributed by atoms with Gasteiger partial charge in [-0.15, -0.1) is 0 Å². The van der Waals surface area contributed by atoms with E-state index in [1.165, 1.54) is 12.1 Å². The van der Waals surface area contributed by atoms with E-state index in [4.69, 9.17) is 10.5 Å². The van der Waals surface area contributed by atoms with Gasteiger partial charge in [-0.05, 0) is 48.7 Å². The molecule has 0 spiro atoms. The first kappa shape index (κ1) is 14.9. The summed E-state index contributed by atoms with van der Waals surface area (Å²) in [5.41, 5.74) is 7.69. The molecule has 1 aliphatic heterocycles. The third kappa shape index (κ3) is 2.96. The second-order valence-corrected chi connectivity index (χ2v) is 5.51. The van der Waals surface area contributed by atoms with E-state index in [1.54, 1.807) is 22.8 Å². The predicted molar refractivity (Wildman–Crippen MR) is 83.0 cm³/mol. The molecule has 2 heterocycles. The number of nitrogens with zero attached hydrogens (tertiary/aromatic N) is 1. The van der Waals surface area contributed by atoms with Crippen molar-refractivity contribution in [1.82, 2.24) is 4.57 Å². The molecule has 0 amide bonds. The normalized spacial score (nSPS) is 17.8. The van der Waals surface area contributed by atoms with E-state index in [0.717, 1.165) is 30.7 Å². The Morgan fingerprint density at radius 1 is 1.23 bits per heavy atom. The summed E-state index contributed by atoms with van der Waals surface area (Å²) in [5.74, 6) is -0.296. The molecule has 5 heteroatoms. The van der Waals surface area contributed by atoms with Crippen LogP contribution in [-0.2, 0) is 17.8 Å². The van der Waals surface area contributed by atoms with E-state index in [9.17, 15) is 9.18 Å². The predicted octanol–water partition coefficient (Wildman–Crippen LogP) is 2.29. The zero-order valence-corrected chi connectivity index (χ0v) is 12.3. The standard InChI is InChI=1S/C17H19FN2O2/c18-14-6-3-12(4-7-14)16-8-5-13(10-19)17(21)20(16)11-15-2-1-9-22-15/h3-8,15H,1-2,9-11,19H2. The number of hydrogen-bond acceptors (Lipinski definition) is 3. The Balaban J connectivity index is 2.06. The van der Waals surface area contributed by atoms with Crippen molar-refractivity contribution in [3.8, 4) is 11.3 Å². The molecule has 4 nitrogen and oxygen atoms in total. The molecule has 0 bridgehead atoms. The van der Waals surface area contributed by atoms with Crippen molar-refractivity contribution in [3.63, 3.8) is 0 Å². The molecular formula is C17H19FN2O2. The SMILES string of the molecule is NCc1ccc(-c2ccc(F)cc2)n(CC2CCCO2)c1=O. The second-order valence-electron chi connectivity index (χ2n) is 5.51. The molecule has 0 radical (unpaired) electrons. The summed E-state index contributed by atoms with van der Waals surface area (Å²) in [6.07, 6.45) is 2.01. The second kappa shape index (κ2) is 6.42. The summed E-state index contributed by atoms with van der Waals surface area (Å²) < 4.78 is 20.5. The van der Waals surface area contributed by atoms with Crippen molar-refractivity contribution in [3.05, 3.63) is 58.1 Å². The van der Waals surface area contributed by atoms with Gasteiger partial charge in [0.2, 0.25) is 0 Å². The molecule has 0 aliphatic carbocycles. The van der Waals surface area contributed by atoms with E-state index >= 15 is 0 Å². The molecule has 1 aromatic heterocycles. The molecule has 1 fully saturated rings. The number of ether oxygens (including phenoxy) is 1. The summed E-state index contributed by atoms with van der Waals surface area (Å²) in [6, 6.07) is 9.76. The molecular weight excluding hydrogens is 283 g/mol. The monoisotopic (exact) mass is 302 g/mol. The van der Waals surface area contributed by atoms with Gasteiger partial charge >= 0.3 is 0 Å². The molecule has 1 unspecified atom stereocenters. The quantitative estimate of drug-likeness (QED) is 0.943. The fraction of sp³-hybridized carbons (Fsp3) is 0.353. The Hall–Kier alpha value is -1.98. The highest BCUT2D eigenvalue weighted by Crippen LogP contribution is 2.21. The summed E-state index contributed by atoms with van der Waals surface area (Å²) in [6.45, 7) is 1.44. The molecule has 1 aromatic carbocycles. The largest absolute Gasteiger partial charge is 0.376 e. The van der Waals surface area contributed by atoms with Crippen LogP contribution in [0.2, 0.25) is 0 Å². The van der Waals surface area contributed by atoms with Crippen LogP contribution in [0.4, 0.5) is 4.39 Å². The van der Waals surface area contributed by atoms with Crippen LogP contribution in [0.1, 0.15) is 18.4 Å². The van der Waals surface area contributed by atoms with E-state index in [-0.39, 0.29) is 24.0 Å². The molecule has 1 saturated heterocycles. The number of benzene rings is 1.